The van der Waals surface area contributed by atoms with E-state index < -0.39 is 12.0 Å². The summed E-state index contributed by atoms with van der Waals surface area (Å²) < 4.78 is 10.8. The molecule has 1 aliphatic heterocycles. The minimum absolute atomic E-state index is 0.0461. The Morgan fingerprint density at radius 3 is 2.16 bits per heavy atom. The molecular formula is C32H36N2O4. The molecule has 5 rings (SSSR count). The van der Waals surface area contributed by atoms with Crippen LogP contribution in [0.15, 0.2) is 72.8 Å². The van der Waals surface area contributed by atoms with Crippen molar-refractivity contribution in [3.63, 3.8) is 0 Å². The molecule has 0 unspecified atom stereocenters. The molecule has 0 spiro atoms. The highest BCUT2D eigenvalue weighted by Crippen LogP contribution is 2.46. The third-order valence-corrected chi connectivity index (χ3v) is 8.46. The SMILES string of the molecule is COc1ccc([C@@H]2[C@H](C(=O)N[C@@H]3CCC[C@H](C)[C@@H]3C)c3ccccc3C(=O)N2c2ccc(OC)cc2)cc1. The van der Waals surface area contributed by atoms with Gasteiger partial charge in [-0.15, -0.1) is 0 Å². The summed E-state index contributed by atoms with van der Waals surface area (Å²) in [4.78, 5) is 30.1. The molecule has 2 amide bonds. The number of hydrogen-bond donors (Lipinski definition) is 1. The van der Waals surface area contributed by atoms with Gasteiger partial charge < -0.3 is 14.8 Å². The topological polar surface area (TPSA) is 67.9 Å². The van der Waals surface area contributed by atoms with Crippen LogP contribution in [0.25, 0.3) is 0 Å². The highest BCUT2D eigenvalue weighted by Gasteiger charge is 2.45. The van der Waals surface area contributed by atoms with Crippen molar-refractivity contribution in [1.29, 1.82) is 0 Å². The van der Waals surface area contributed by atoms with Crippen LogP contribution in [0.4, 0.5) is 5.69 Å². The molecule has 1 fully saturated rings. The number of anilines is 1. The number of carbonyl (C=O) groups is 2. The van der Waals surface area contributed by atoms with E-state index in [1.807, 2.05) is 72.8 Å². The van der Waals surface area contributed by atoms with Gasteiger partial charge in [0.2, 0.25) is 5.91 Å². The van der Waals surface area contributed by atoms with Crippen LogP contribution in [0.1, 0.15) is 66.6 Å². The number of rotatable bonds is 6. The van der Waals surface area contributed by atoms with Crippen molar-refractivity contribution >= 4 is 17.5 Å². The molecule has 6 nitrogen and oxygen atoms in total. The quantitative estimate of drug-likeness (QED) is 0.431. The van der Waals surface area contributed by atoms with Gasteiger partial charge >= 0.3 is 0 Å². The lowest BCUT2D eigenvalue weighted by Gasteiger charge is -2.43. The zero-order valence-corrected chi connectivity index (χ0v) is 22.5. The van der Waals surface area contributed by atoms with Crippen molar-refractivity contribution in [3.8, 4) is 11.5 Å². The summed E-state index contributed by atoms with van der Waals surface area (Å²) in [7, 11) is 3.24. The lowest BCUT2D eigenvalue weighted by Crippen LogP contribution is -2.51. The van der Waals surface area contributed by atoms with Gasteiger partial charge in [-0.25, -0.2) is 0 Å². The largest absolute Gasteiger partial charge is 0.497 e. The molecule has 1 aliphatic carbocycles. The van der Waals surface area contributed by atoms with E-state index in [-0.39, 0.29) is 17.9 Å². The summed E-state index contributed by atoms with van der Waals surface area (Å²) in [5.74, 6) is 1.62. The summed E-state index contributed by atoms with van der Waals surface area (Å²) in [5.41, 5.74) is 2.90. The molecule has 38 heavy (non-hydrogen) atoms. The first-order valence-electron chi connectivity index (χ1n) is 13.4. The highest BCUT2D eigenvalue weighted by molar-refractivity contribution is 6.11. The molecule has 3 aromatic carbocycles. The van der Waals surface area contributed by atoms with E-state index in [1.165, 1.54) is 6.42 Å². The van der Waals surface area contributed by atoms with Crippen LogP contribution < -0.4 is 19.7 Å². The lowest BCUT2D eigenvalue weighted by molar-refractivity contribution is -0.124. The predicted molar refractivity (Wildman–Crippen MR) is 149 cm³/mol. The number of nitrogens with zero attached hydrogens (tertiary/aromatic N) is 1. The standard InChI is InChI=1S/C32H36N2O4/c1-20-8-7-11-28(21(20)2)33-31(35)29-26-9-5-6-10-27(26)32(36)34(23-14-18-25(38-4)19-15-23)30(29)22-12-16-24(37-3)17-13-22/h5-6,9-10,12-21,28-30H,7-8,11H2,1-4H3,(H,33,35)/t20-,21-,28+,29+,30+/m0/s1. The number of fused-ring (bicyclic) bond motifs is 1. The lowest BCUT2D eigenvalue weighted by atomic mass is 9.76. The van der Waals surface area contributed by atoms with Crippen molar-refractivity contribution in [2.75, 3.05) is 19.1 Å². The molecule has 198 valence electrons. The Balaban J connectivity index is 1.64. The van der Waals surface area contributed by atoms with E-state index in [9.17, 15) is 9.59 Å². The van der Waals surface area contributed by atoms with Crippen molar-refractivity contribution in [3.05, 3.63) is 89.5 Å². The second kappa shape index (κ2) is 10.9. The van der Waals surface area contributed by atoms with E-state index in [4.69, 9.17) is 9.47 Å². The summed E-state index contributed by atoms with van der Waals surface area (Å²) in [5, 5.41) is 3.42. The monoisotopic (exact) mass is 512 g/mol. The Hall–Kier alpha value is -3.80. The van der Waals surface area contributed by atoms with Crippen molar-refractivity contribution in [2.24, 2.45) is 11.8 Å². The normalized spacial score (nSPS) is 24.9. The van der Waals surface area contributed by atoms with E-state index >= 15 is 0 Å². The Morgan fingerprint density at radius 2 is 1.50 bits per heavy atom. The van der Waals surface area contributed by atoms with Crippen molar-refractivity contribution in [1.82, 2.24) is 5.32 Å². The average Bonchev–Trinajstić information content (AvgIpc) is 2.95. The number of ether oxygens (including phenoxy) is 2. The average molecular weight is 513 g/mol. The number of benzene rings is 3. The summed E-state index contributed by atoms with van der Waals surface area (Å²) >= 11 is 0. The van der Waals surface area contributed by atoms with Crippen LogP contribution in [0.5, 0.6) is 11.5 Å². The van der Waals surface area contributed by atoms with Gasteiger partial charge in [-0.1, -0.05) is 57.0 Å². The van der Waals surface area contributed by atoms with Gasteiger partial charge in [0.05, 0.1) is 26.2 Å². The fourth-order valence-electron chi connectivity index (χ4n) is 6.04. The molecule has 1 N–H and O–H groups in total. The molecule has 3 aromatic rings. The van der Waals surface area contributed by atoms with Crippen molar-refractivity contribution < 1.29 is 19.1 Å². The van der Waals surface area contributed by atoms with Gasteiger partial charge in [0.25, 0.3) is 5.91 Å². The summed E-state index contributed by atoms with van der Waals surface area (Å²) in [6, 6.07) is 22.2. The van der Waals surface area contributed by atoms with Crippen LogP contribution >= 0.6 is 0 Å². The van der Waals surface area contributed by atoms with E-state index in [1.54, 1.807) is 19.1 Å². The fourth-order valence-corrected chi connectivity index (χ4v) is 6.04. The van der Waals surface area contributed by atoms with Gasteiger partial charge in [-0.3, -0.25) is 14.5 Å². The van der Waals surface area contributed by atoms with Gasteiger partial charge in [0.15, 0.2) is 0 Å². The summed E-state index contributed by atoms with van der Waals surface area (Å²) in [6.07, 6.45) is 3.27. The van der Waals surface area contributed by atoms with Gasteiger partial charge in [0, 0.05) is 17.3 Å². The van der Waals surface area contributed by atoms with Crippen LogP contribution in [-0.4, -0.2) is 32.1 Å². The first-order chi connectivity index (χ1) is 18.4. The Morgan fingerprint density at radius 1 is 0.868 bits per heavy atom. The molecule has 6 heteroatoms. The molecule has 2 aliphatic rings. The zero-order chi connectivity index (χ0) is 26.8. The number of methoxy groups -OCH3 is 2. The highest BCUT2D eigenvalue weighted by atomic mass is 16.5. The van der Waals surface area contributed by atoms with Gasteiger partial charge in [0.1, 0.15) is 11.5 Å². The van der Waals surface area contributed by atoms with Crippen LogP contribution in [0.3, 0.4) is 0 Å². The number of amides is 2. The van der Waals surface area contributed by atoms with E-state index in [0.29, 0.717) is 28.8 Å². The molecule has 5 atom stereocenters. The Kier molecular flexibility index (Phi) is 7.41. The third-order valence-electron chi connectivity index (χ3n) is 8.46. The number of hydrogen-bond acceptors (Lipinski definition) is 4. The molecule has 1 saturated carbocycles. The van der Waals surface area contributed by atoms with Crippen LogP contribution in [-0.2, 0) is 4.79 Å². The predicted octanol–water partition coefficient (Wildman–Crippen LogP) is 6.13. The maximum absolute atomic E-state index is 14.3. The zero-order valence-electron chi connectivity index (χ0n) is 22.5. The fraction of sp³-hybridized carbons (Fsp3) is 0.375. The van der Waals surface area contributed by atoms with E-state index in [0.717, 1.165) is 29.7 Å². The maximum Gasteiger partial charge on any atom is 0.259 e. The first-order valence-corrected chi connectivity index (χ1v) is 13.4. The maximum atomic E-state index is 14.3. The summed E-state index contributed by atoms with van der Waals surface area (Å²) in [6.45, 7) is 4.50. The second-order valence-corrected chi connectivity index (χ2v) is 10.5. The minimum Gasteiger partial charge on any atom is -0.497 e. The second-order valence-electron chi connectivity index (χ2n) is 10.5. The van der Waals surface area contributed by atoms with Gasteiger partial charge in [-0.2, -0.15) is 0 Å². The molecule has 0 radical (unpaired) electrons. The molecular weight excluding hydrogens is 476 g/mol. The number of carbonyl (C=O) groups excluding carboxylic acids is 2. The smallest absolute Gasteiger partial charge is 0.259 e. The molecule has 0 saturated heterocycles. The van der Waals surface area contributed by atoms with E-state index in [2.05, 4.69) is 19.2 Å². The molecule has 0 bridgehead atoms. The van der Waals surface area contributed by atoms with Crippen LogP contribution in [0, 0.1) is 11.8 Å². The van der Waals surface area contributed by atoms with Gasteiger partial charge in [-0.05, 0) is 71.8 Å². The Labute approximate surface area is 225 Å². The minimum atomic E-state index is -0.580. The molecule has 0 aromatic heterocycles. The number of nitrogens with one attached hydrogen (secondary N) is 1. The third kappa shape index (κ3) is 4.75. The van der Waals surface area contributed by atoms with Crippen LogP contribution in [0.2, 0.25) is 0 Å². The molecule has 1 heterocycles. The first kappa shape index (κ1) is 25.8. The van der Waals surface area contributed by atoms with Crippen molar-refractivity contribution in [2.45, 2.75) is 51.1 Å². The Bertz CT molecular complexity index is 1290.